The minimum absolute atomic E-state index is 0.363. The van der Waals surface area contributed by atoms with Gasteiger partial charge in [-0.05, 0) is 65.0 Å². The molecule has 2 N–H and O–H groups in total. The minimum atomic E-state index is -0.530. The number of imidazole rings is 1. The van der Waals surface area contributed by atoms with E-state index >= 15 is 0 Å². The van der Waals surface area contributed by atoms with Crippen LogP contribution in [0.2, 0.25) is 0 Å². The third-order valence-electron chi connectivity index (χ3n) is 7.39. The number of nitrogens with zero attached hydrogens (tertiary/aromatic N) is 3. The average Bonchev–Trinajstić information content (AvgIpc) is 3.35. The van der Waals surface area contributed by atoms with Crippen LogP contribution in [0, 0.1) is 5.41 Å². The van der Waals surface area contributed by atoms with E-state index in [-0.39, 0.29) is 0 Å². The fraction of sp³-hybridized carbons (Fsp3) is 0.171. The molecular weight excluding hydrogens is 540 g/mol. The zero-order valence-corrected chi connectivity index (χ0v) is 24.5. The maximum absolute atomic E-state index is 11.8. The van der Waals surface area contributed by atoms with Gasteiger partial charge in [0.15, 0.2) is 0 Å². The van der Waals surface area contributed by atoms with Crippen LogP contribution in [-0.2, 0) is 24.4 Å². The summed E-state index contributed by atoms with van der Waals surface area (Å²) in [6.45, 7) is 4.89. The quantitative estimate of drug-likeness (QED) is 0.134. The second-order valence-corrected chi connectivity index (χ2v) is 11.9. The maximum atomic E-state index is 11.8. The second-order valence-electron chi connectivity index (χ2n) is 11.2. The smallest absolute Gasteiger partial charge is 0.130 e. The van der Waals surface area contributed by atoms with Crippen molar-refractivity contribution in [3.05, 3.63) is 120 Å². The summed E-state index contributed by atoms with van der Waals surface area (Å²) in [6.07, 6.45) is 1.54. The van der Waals surface area contributed by atoms with Gasteiger partial charge in [0.05, 0.1) is 22.2 Å². The molecule has 0 aliphatic heterocycles. The van der Waals surface area contributed by atoms with Gasteiger partial charge in [-0.1, -0.05) is 74.5 Å². The number of hydrogen-bond acceptors (Lipinski definition) is 6. The molecule has 0 bridgehead atoms. The first-order valence-electron chi connectivity index (χ1n) is 13.9. The van der Waals surface area contributed by atoms with Crippen LogP contribution in [0.15, 0.2) is 108 Å². The highest BCUT2D eigenvalue weighted by molar-refractivity contribution is 7.97. The summed E-state index contributed by atoms with van der Waals surface area (Å²) in [5.74, 6) is 1.60. The topological polar surface area (TPSA) is 83.0 Å². The number of carbonyl (C=O) groups is 1. The lowest BCUT2D eigenvalue weighted by atomic mass is 9.91. The number of para-hydroxylation sites is 1. The van der Waals surface area contributed by atoms with Gasteiger partial charge in [0, 0.05) is 34.7 Å². The summed E-state index contributed by atoms with van der Waals surface area (Å²) in [4.78, 5) is 22.5. The van der Waals surface area contributed by atoms with Gasteiger partial charge in [-0.15, -0.1) is 0 Å². The van der Waals surface area contributed by atoms with Gasteiger partial charge >= 0.3 is 0 Å². The molecule has 0 amide bonds. The lowest BCUT2D eigenvalue weighted by molar-refractivity contribution is -0.114. The van der Waals surface area contributed by atoms with Crippen LogP contribution < -0.4 is 9.88 Å². The van der Waals surface area contributed by atoms with E-state index in [1.807, 2.05) is 68.4 Å². The molecular formula is C35H32N4O2S. The van der Waals surface area contributed by atoms with E-state index in [4.69, 9.17) is 19.8 Å². The molecule has 4 aromatic carbocycles. The van der Waals surface area contributed by atoms with Crippen LogP contribution in [0.5, 0.6) is 5.75 Å². The van der Waals surface area contributed by atoms with Crippen molar-refractivity contribution in [2.75, 3.05) is 0 Å². The molecule has 6 nitrogen and oxygen atoms in total. The van der Waals surface area contributed by atoms with Gasteiger partial charge in [-0.3, -0.25) is 5.14 Å². The standard InChI is InChI=1S/C35H32N4O2S/c1-35(2,23-40)20-34-38-32-19-29(41-22-28-14-11-27-5-3-4-6-31(27)37-28)15-18-33(32)39(34)21-24-7-9-25(10-8-24)26-12-16-30(42-36)17-13-26/h3-19,23H,20-22,36H2,1-2H3. The Hall–Kier alpha value is -4.46. The maximum Gasteiger partial charge on any atom is 0.130 e. The van der Waals surface area contributed by atoms with E-state index in [9.17, 15) is 4.79 Å². The third-order valence-corrected chi connectivity index (χ3v) is 7.94. The highest BCUT2D eigenvalue weighted by Crippen LogP contribution is 2.28. The van der Waals surface area contributed by atoms with Gasteiger partial charge in [0.25, 0.3) is 0 Å². The van der Waals surface area contributed by atoms with E-state index < -0.39 is 5.41 Å². The number of pyridine rings is 1. The first-order valence-corrected chi connectivity index (χ1v) is 14.8. The van der Waals surface area contributed by atoms with Crippen molar-refractivity contribution in [3.63, 3.8) is 0 Å². The van der Waals surface area contributed by atoms with Crippen LogP contribution in [0.25, 0.3) is 33.1 Å². The zero-order chi connectivity index (χ0) is 29.1. The molecule has 42 heavy (non-hydrogen) atoms. The Bertz CT molecular complexity index is 1860. The Morgan fingerprint density at radius 1 is 0.857 bits per heavy atom. The lowest BCUT2D eigenvalue weighted by Crippen LogP contribution is -2.20. The van der Waals surface area contributed by atoms with Gasteiger partial charge in [0.1, 0.15) is 24.5 Å². The predicted octanol–water partition coefficient (Wildman–Crippen LogP) is 7.61. The number of benzene rings is 4. The van der Waals surface area contributed by atoms with Gasteiger partial charge in [0.2, 0.25) is 0 Å². The van der Waals surface area contributed by atoms with Crippen molar-refractivity contribution in [1.82, 2.24) is 14.5 Å². The van der Waals surface area contributed by atoms with Crippen molar-refractivity contribution >= 4 is 40.2 Å². The van der Waals surface area contributed by atoms with Crippen LogP contribution in [0.4, 0.5) is 0 Å². The van der Waals surface area contributed by atoms with E-state index in [1.54, 1.807) is 0 Å². The summed E-state index contributed by atoms with van der Waals surface area (Å²) >= 11 is 1.25. The van der Waals surface area contributed by atoms with Crippen LogP contribution in [0.1, 0.15) is 30.9 Å². The van der Waals surface area contributed by atoms with Crippen molar-refractivity contribution in [2.24, 2.45) is 10.6 Å². The van der Waals surface area contributed by atoms with E-state index in [0.717, 1.165) is 67.1 Å². The van der Waals surface area contributed by atoms with Gasteiger partial charge in [-0.2, -0.15) is 0 Å². The second kappa shape index (κ2) is 11.8. The Morgan fingerprint density at radius 3 is 2.33 bits per heavy atom. The fourth-order valence-electron chi connectivity index (χ4n) is 5.07. The SMILES string of the molecule is CC(C)(C=O)Cc1nc2cc(OCc3ccc4ccccc4n3)ccc2n1Cc1ccc(-c2ccc(SN)cc2)cc1. The monoisotopic (exact) mass is 572 g/mol. The Kier molecular flexibility index (Phi) is 7.78. The van der Waals surface area contributed by atoms with Crippen molar-refractivity contribution in [1.29, 1.82) is 0 Å². The first-order chi connectivity index (χ1) is 20.4. The van der Waals surface area contributed by atoms with Crippen molar-refractivity contribution in [2.45, 2.75) is 38.3 Å². The fourth-order valence-corrected chi connectivity index (χ4v) is 5.36. The van der Waals surface area contributed by atoms with Crippen LogP contribution in [-0.4, -0.2) is 20.8 Å². The van der Waals surface area contributed by atoms with E-state index in [0.29, 0.717) is 19.6 Å². The molecule has 0 atom stereocenters. The zero-order valence-electron chi connectivity index (χ0n) is 23.7. The summed E-state index contributed by atoms with van der Waals surface area (Å²) < 4.78 is 8.34. The van der Waals surface area contributed by atoms with Crippen molar-refractivity contribution in [3.8, 4) is 16.9 Å². The molecule has 0 fully saturated rings. The Labute approximate surface area is 249 Å². The number of nitrogens with two attached hydrogens (primary N) is 1. The number of ether oxygens (including phenoxy) is 1. The normalized spacial score (nSPS) is 11.7. The molecule has 2 aromatic heterocycles. The highest BCUT2D eigenvalue weighted by Gasteiger charge is 2.22. The van der Waals surface area contributed by atoms with Gasteiger partial charge in [-0.25, -0.2) is 9.97 Å². The molecule has 0 aliphatic carbocycles. The predicted molar refractivity (Wildman–Crippen MR) is 170 cm³/mol. The number of aromatic nitrogens is 3. The third kappa shape index (κ3) is 6.08. The first kappa shape index (κ1) is 27.7. The summed E-state index contributed by atoms with van der Waals surface area (Å²) in [6, 6.07) is 34.9. The molecule has 0 radical (unpaired) electrons. The molecule has 0 spiro atoms. The molecule has 0 unspecified atom stereocenters. The number of fused-ring (bicyclic) bond motifs is 2. The molecule has 6 rings (SSSR count). The molecule has 0 aliphatic rings. The number of aldehydes is 1. The van der Waals surface area contributed by atoms with E-state index in [2.05, 4.69) is 53.1 Å². The minimum Gasteiger partial charge on any atom is -0.487 e. The lowest BCUT2D eigenvalue weighted by Gasteiger charge is -2.18. The highest BCUT2D eigenvalue weighted by atomic mass is 32.2. The summed E-state index contributed by atoms with van der Waals surface area (Å²) in [5.41, 5.74) is 6.57. The number of hydrogen-bond donors (Lipinski definition) is 1. The molecule has 0 saturated carbocycles. The van der Waals surface area contributed by atoms with Crippen LogP contribution in [0.3, 0.4) is 0 Å². The molecule has 6 aromatic rings. The summed E-state index contributed by atoms with van der Waals surface area (Å²) in [7, 11) is 0. The average molecular weight is 573 g/mol. The number of rotatable bonds is 10. The van der Waals surface area contributed by atoms with Crippen LogP contribution >= 0.6 is 11.9 Å². The molecule has 0 saturated heterocycles. The van der Waals surface area contributed by atoms with Crippen molar-refractivity contribution < 1.29 is 9.53 Å². The Balaban J connectivity index is 1.26. The van der Waals surface area contributed by atoms with Gasteiger partial charge < -0.3 is 14.1 Å². The molecule has 7 heteroatoms. The molecule has 2 heterocycles. The summed E-state index contributed by atoms with van der Waals surface area (Å²) in [5, 5.41) is 6.77. The van der Waals surface area contributed by atoms with E-state index in [1.165, 1.54) is 11.9 Å². The Morgan fingerprint density at radius 2 is 1.60 bits per heavy atom. The molecule has 210 valence electrons. The number of carbonyl (C=O) groups excluding carboxylic acids is 1. The largest absolute Gasteiger partial charge is 0.487 e.